The molecular weight excluding hydrogens is 286 g/mol. The standard InChI is InChI=1S/C20H23NO2/c1-14-10-11-16(12-19(14)23-2)20(22)21-13-17-8-5-7-15-6-3-4-9-18(15)17/h3-4,6,9-12,17H,5,7-8,13H2,1-2H3,(H,21,22). The van der Waals surface area contributed by atoms with Gasteiger partial charge in [0.1, 0.15) is 5.75 Å². The molecule has 2 aromatic rings. The lowest BCUT2D eigenvalue weighted by Gasteiger charge is -2.25. The molecule has 3 nitrogen and oxygen atoms in total. The Labute approximate surface area is 137 Å². The van der Waals surface area contributed by atoms with E-state index in [9.17, 15) is 4.79 Å². The second kappa shape index (κ2) is 6.86. The van der Waals surface area contributed by atoms with Gasteiger partial charge in [0.05, 0.1) is 7.11 Å². The van der Waals surface area contributed by atoms with Gasteiger partial charge in [-0.25, -0.2) is 0 Å². The summed E-state index contributed by atoms with van der Waals surface area (Å²) in [6.07, 6.45) is 3.47. The van der Waals surface area contributed by atoms with Crippen molar-refractivity contribution in [3.63, 3.8) is 0 Å². The Kier molecular flexibility index (Phi) is 4.65. The number of hydrogen-bond donors (Lipinski definition) is 1. The predicted molar refractivity (Wildman–Crippen MR) is 92.2 cm³/mol. The van der Waals surface area contributed by atoms with Crippen LogP contribution in [0.3, 0.4) is 0 Å². The Balaban J connectivity index is 1.68. The summed E-state index contributed by atoms with van der Waals surface area (Å²) in [4.78, 5) is 12.4. The number of aryl methyl sites for hydroxylation is 2. The molecule has 1 amide bonds. The van der Waals surface area contributed by atoms with E-state index in [0.717, 1.165) is 24.2 Å². The quantitative estimate of drug-likeness (QED) is 0.931. The Morgan fingerprint density at radius 2 is 2.09 bits per heavy atom. The van der Waals surface area contributed by atoms with E-state index in [1.165, 1.54) is 17.5 Å². The van der Waals surface area contributed by atoms with E-state index in [4.69, 9.17) is 4.74 Å². The minimum atomic E-state index is -0.0358. The minimum absolute atomic E-state index is 0.0358. The average Bonchev–Trinajstić information content (AvgIpc) is 2.60. The molecule has 0 spiro atoms. The van der Waals surface area contributed by atoms with Crippen LogP contribution < -0.4 is 10.1 Å². The third kappa shape index (κ3) is 3.39. The summed E-state index contributed by atoms with van der Waals surface area (Å²) >= 11 is 0. The van der Waals surface area contributed by atoms with Crippen molar-refractivity contribution in [1.29, 1.82) is 0 Å². The number of carbonyl (C=O) groups is 1. The molecule has 120 valence electrons. The van der Waals surface area contributed by atoms with Gasteiger partial charge in [-0.1, -0.05) is 30.3 Å². The zero-order valence-corrected chi connectivity index (χ0v) is 13.8. The molecule has 0 saturated carbocycles. The highest BCUT2D eigenvalue weighted by atomic mass is 16.5. The molecule has 3 rings (SSSR count). The Bertz CT molecular complexity index is 709. The first-order valence-electron chi connectivity index (χ1n) is 8.19. The number of ether oxygens (including phenoxy) is 1. The lowest BCUT2D eigenvalue weighted by atomic mass is 9.83. The first-order valence-corrected chi connectivity index (χ1v) is 8.19. The van der Waals surface area contributed by atoms with Crippen molar-refractivity contribution < 1.29 is 9.53 Å². The summed E-state index contributed by atoms with van der Waals surface area (Å²) in [5.74, 6) is 1.13. The van der Waals surface area contributed by atoms with Gasteiger partial charge in [-0.05, 0) is 55.0 Å². The molecule has 23 heavy (non-hydrogen) atoms. The molecule has 0 bridgehead atoms. The Hall–Kier alpha value is -2.29. The van der Waals surface area contributed by atoms with Crippen LogP contribution in [-0.2, 0) is 6.42 Å². The number of hydrogen-bond acceptors (Lipinski definition) is 2. The number of amides is 1. The van der Waals surface area contributed by atoms with E-state index in [-0.39, 0.29) is 5.91 Å². The van der Waals surface area contributed by atoms with Gasteiger partial charge in [-0.2, -0.15) is 0 Å². The smallest absolute Gasteiger partial charge is 0.251 e. The highest BCUT2D eigenvalue weighted by molar-refractivity contribution is 5.94. The maximum atomic E-state index is 12.4. The molecule has 1 aliphatic carbocycles. The van der Waals surface area contributed by atoms with Crippen LogP contribution in [0.4, 0.5) is 0 Å². The number of nitrogens with one attached hydrogen (secondary N) is 1. The van der Waals surface area contributed by atoms with Gasteiger partial charge in [-0.15, -0.1) is 0 Å². The molecule has 0 aliphatic heterocycles. The van der Waals surface area contributed by atoms with Gasteiger partial charge in [0.15, 0.2) is 0 Å². The molecule has 1 aliphatic rings. The van der Waals surface area contributed by atoms with Gasteiger partial charge < -0.3 is 10.1 Å². The number of rotatable bonds is 4. The van der Waals surface area contributed by atoms with E-state index in [2.05, 4.69) is 29.6 Å². The van der Waals surface area contributed by atoms with Crippen molar-refractivity contribution in [3.8, 4) is 5.75 Å². The monoisotopic (exact) mass is 309 g/mol. The fourth-order valence-electron chi connectivity index (χ4n) is 3.35. The van der Waals surface area contributed by atoms with Crippen LogP contribution in [-0.4, -0.2) is 19.6 Å². The van der Waals surface area contributed by atoms with Crippen LogP contribution >= 0.6 is 0 Å². The SMILES string of the molecule is COc1cc(C(=O)NCC2CCCc3ccccc32)ccc1C. The number of carbonyl (C=O) groups excluding carboxylic acids is 1. The summed E-state index contributed by atoms with van der Waals surface area (Å²) in [6, 6.07) is 14.2. The first-order chi connectivity index (χ1) is 11.2. The summed E-state index contributed by atoms with van der Waals surface area (Å²) in [5.41, 5.74) is 4.50. The van der Waals surface area contributed by atoms with Crippen LogP contribution in [0, 0.1) is 6.92 Å². The molecular formula is C20H23NO2. The van der Waals surface area contributed by atoms with E-state index >= 15 is 0 Å². The minimum Gasteiger partial charge on any atom is -0.496 e. The number of benzene rings is 2. The van der Waals surface area contributed by atoms with Crippen molar-refractivity contribution in [1.82, 2.24) is 5.32 Å². The van der Waals surface area contributed by atoms with E-state index in [1.807, 2.05) is 19.1 Å². The fraction of sp³-hybridized carbons (Fsp3) is 0.350. The molecule has 0 radical (unpaired) electrons. The maximum Gasteiger partial charge on any atom is 0.251 e. The van der Waals surface area contributed by atoms with Gasteiger partial charge in [-0.3, -0.25) is 4.79 Å². The van der Waals surface area contributed by atoms with E-state index < -0.39 is 0 Å². The Morgan fingerprint density at radius 3 is 2.91 bits per heavy atom. The first kappa shape index (κ1) is 15.6. The number of methoxy groups -OCH3 is 1. The molecule has 1 atom stereocenters. The molecule has 0 aromatic heterocycles. The van der Waals surface area contributed by atoms with Gasteiger partial charge >= 0.3 is 0 Å². The van der Waals surface area contributed by atoms with Crippen LogP contribution in [0.2, 0.25) is 0 Å². The van der Waals surface area contributed by atoms with Crippen LogP contribution in [0.15, 0.2) is 42.5 Å². The highest BCUT2D eigenvalue weighted by Crippen LogP contribution is 2.30. The molecule has 2 aromatic carbocycles. The molecule has 0 heterocycles. The van der Waals surface area contributed by atoms with Gasteiger partial charge in [0, 0.05) is 18.0 Å². The molecule has 0 fully saturated rings. The maximum absolute atomic E-state index is 12.4. The topological polar surface area (TPSA) is 38.3 Å². The van der Waals surface area contributed by atoms with Crippen LogP contribution in [0.5, 0.6) is 5.75 Å². The van der Waals surface area contributed by atoms with Crippen molar-refractivity contribution in [3.05, 3.63) is 64.7 Å². The second-order valence-corrected chi connectivity index (χ2v) is 6.18. The third-order valence-electron chi connectivity index (χ3n) is 4.67. The van der Waals surface area contributed by atoms with Crippen molar-refractivity contribution in [2.24, 2.45) is 0 Å². The third-order valence-corrected chi connectivity index (χ3v) is 4.67. The zero-order valence-electron chi connectivity index (χ0n) is 13.8. The Morgan fingerprint density at radius 1 is 1.26 bits per heavy atom. The lowest BCUT2D eigenvalue weighted by molar-refractivity contribution is 0.0950. The second-order valence-electron chi connectivity index (χ2n) is 6.18. The largest absolute Gasteiger partial charge is 0.496 e. The molecule has 3 heteroatoms. The summed E-state index contributed by atoms with van der Waals surface area (Å²) in [7, 11) is 1.63. The lowest BCUT2D eigenvalue weighted by Crippen LogP contribution is -2.30. The summed E-state index contributed by atoms with van der Waals surface area (Å²) < 4.78 is 5.30. The van der Waals surface area contributed by atoms with Crippen molar-refractivity contribution >= 4 is 5.91 Å². The normalized spacial score (nSPS) is 16.5. The van der Waals surface area contributed by atoms with Crippen LogP contribution in [0.25, 0.3) is 0 Å². The van der Waals surface area contributed by atoms with Gasteiger partial charge in [0.25, 0.3) is 5.91 Å². The summed E-state index contributed by atoms with van der Waals surface area (Å²) in [5, 5.41) is 3.09. The molecule has 0 saturated heterocycles. The van der Waals surface area contributed by atoms with E-state index in [1.54, 1.807) is 13.2 Å². The molecule has 1 N–H and O–H groups in total. The summed E-state index contributed by atoms with van der Waals surface area (Å²) in [6.45, 7) is 2.66. The van der Waals surface area contributed by atoms with Crippen LogP contribution in [0.1, 0.15) is 45.8 Å². The predicted octanol–water partition coefficient (Wildman–Crippen LogP) is 3.85. The number of fused-ring (bicyclic) bond motifs is 1. The van der Waals surface area contributed by atoms with Gasteiger partial charge in [0.2, 0.25) is 0 Å². The average molecular weight is 309 g/mol. The van der Waals surface area contributed by atoms with E-state index in [0.29, 0.717) is 18.0 Å². The highest BCUT2D eigenvalue weighted by Gasteiger charge is 2.20. The zero-order chi connectivity index (χ0) is 16.2. The van der Waals surface area contributed by atoms with Crippen molar-refractivity contribution in [2.45, 2.75) is 32.1 Å². The van der Waals surface area contributed by atoms with Crippen molar-refractivity contribution in [2.75, 3.05) is 13.7 Å². The molecule has 1 unspecified atom stereocenters. The fourth-order valence-corrected chi connectivity index (χ4v) is 3.35.